The minimum Gasteiger partial charge on any atom is -0.346 e. The van der Waals surface area contributed by atoms with E-state index in [1.165, 1.54) is 0 Å². The van der Waals surface area contributed by atoms with E-state index < -0.39 is 0 Å². The normalized spacial score (nSPS) is 11.8. The third kappa shape index (κ3) is 1.37. The quantitative estimate of drug-likeness (QED) is 0.441. The molecule has 0 spiro atoms. The minimum atomic E-state index is -0.187. The predicted octanol–water partition coefficient (Wildman–Crippen LogP) is 2.07. The van der Waals surface area contributed by atoms with E-state index in [-0.39, 0.29) is 5.69 Å². The SMILES string of the molecule is O=c1[nH]c2cnc3[nH]ccc3c2n1-c1ccc2[nH]ncc2c1. The smallest absolute Gasteiger partial charge is 0.331 e. The Bertz CT molecular complexity index is 1210. The summed E-state index contributed by atoms with van der Waals surface area (Å²) in [5, 5.41) is 8.79. The second-order valence-electron chi connectivity index (χ2n) is 5.17. The van der Waals surface area contributed by atoms with Crippen molar-refractivity contribution in [2.75, 3.05) is 0 Å². The Labute approximate surface area is 122 Å². The van der Waals surface area contributed by atoms with Crippen molar-refractivity contribution >= 4 is 33.0 Å². The van der Waals surface area contributed by atoms with Crippen LogP contribution in [0.25, 0.3) is 38.7 Å². The Kier molecular flexibility index (Phi) is 1.98. The molecule has 0 saturated carbocycles. The van der Waals surface area contributed by atoms with Gasteiger partial charge in [0.2, 0.25) is 0 Å². The molecule has 0 aliphatic rings. The van der Waals surface area contributed by atoms with Gasteiger partial charge in [-0.2, -0.15) is 5.10 Å². The first-order valence-electron chi connectivity index (χ1n) is 6.81. The van der Waals surface area contributed by atoms with Crippen molar-refractivity contribution in [2.45, 2.75) is 0 Å². The molecule has 0 fully saturated rings. The number of nitrogens with one attached hydrogen (secondary N) is 3. The second-order valence-corrected chi connectivity index (χ2v) is 5.17. The number of aromatic amines is 3. The molecule has 0 radical (unpaired) electrons. The molecule has 4 aromatic heterocycles. The Morgan fingerprint density at radius 1 is 1.09 bits per heavy atom. The summed E-state index contributed by atoms with van der Waals surface area (Å²) >= 11 is 0. The highest BCUT2D eigenvalue weighted by Gasteiger charge is 2.13. The number of hydrogen-bond acceptors (Lipinski definition) is 3. The van der Waals surface area contributed by atoms with Gasteiger partial charge in [-0.25, -0.2) is 9.78 Å². The molecule has 5 aromatic rings. The van der Waals surface area contributed by atoms with Gasteiger partial charge in [0, 0.05) is 17.0 Å². The molecule has 0 bridgehead atoms. The summed E-state index contributed by atoms with van der Waals surface area (Å²) in [7, 11) is 0. The minimum absolute atomic E-state index is 0.187. The summed E-state index contributed by atoms with van der Waals surface area (Å²) in [5.74, 6) is 0. The molecule has 5 rings (SSSR count). The van der Waals surface area contributed by atoms with Gasteiger partial charge in [-0.15, -0.1) is 0 Å². The van der Waals surface area contributed by atoms with Crippen LogP contribution in [-0.2, 0) is 0 Å². The van der Waals surface area contributed by atoms with Crippen molar-refractivity contribution in [3.05, 3.63) is 53.3 Å². The van der Waals surface area contributed by atoms with Crippen molar-refractivity contribution in [2.24, 2.45) is 0 Å². The van der Waals surface area contributed by atoms with E-state index in [9.17, 15) is 4.79 Å². The van der Waals surface area contributed by atoms with E-state index >= 15 is 0 Å². The number of hydrogen-bond donors (Lipinski definition) is 3. The molecule has 4 heterocycles. The fourth-order valence-electron chi connectivity index (χ4n) is 2.91. The fraction of sp³-hybridized carbons (Fsp3) is 0. The molecule has 0 aliphatic carbocycles. The molecule has 0 aliphatic heterocycles. The van der Waals surface area contributed by atoms with Gasteiger partial charge in [-0.05, 0) is 24.3 Å². The summed E-state index contributed by atoms with van der Waals surface area (Å²) in [4.78, 5) is 22.7. The maximum Gasteiger partial charge on any atom is 0.331 e. The zero-order valence-corrected chi connectivity index (χ0v) is 11.3. The van der Waals surface area contributed by atoms with Crippen LogP contribution in [0.3, 0.4) is 0 Å². The molecule has 106 valence electrons. The molecular formula is C15H10N6O. The monoisotopic (exact) mass is 290 g/mol. The Hall–Kier alpha value is -3.35. The first-order chi connectivity index (χ1) is 10.8. The standard InChI is InChI=1S/C15H10N6O/c22-15-19-12-7-17-14-10(3-4-16-14)13(12)21(15)9-1-2-11-8(5-9)6-18-20-11/h1-7H,(H,16,17)(H,18,20)(H,19,22). The Morgan fingerprint density at radius 3 is 3.00 bits per heavy atom. The lowest BCUT2D eigenvalue weighted by atomic mass is 10.2. The number of rotatable bonds is 1. The van der Waals surface area contributed by atoms with E-state index in [1.807, 2.05) is 30.5 Å². The van der Waals surface area contributed by atoms with Gasteiger partial charge >= 0.3 is 5.69 Å². The molecular weight excluding hydrogens is 280 g/mol. The van der Waals surface area contributed by atoms with Crippen molar-refractivity contribution < 1.29 is 0 Å². The lowest BCUT2D eigenvalue weighted by Gasteiger charge is -2.04. The maximum atomic E-state index is 12.4. The molecule has 0 amide bonds. The summed E-state index contributed by atoms with van der Waals surface area (Å²) in [5.41, 5.74) is 3.82. The van der Waals surface area contributed by atoms with Gasteiger partial charge in [-0.3, -0.25) is 9.67 Å². The van der Waals surface area contributed by atoms with Crippen LogP contribution < -0.4 is 5.69 Å². The van der Waals surface area contributed by atoms with Gasteiger partial charge in [0.05, 0.1) is 34.6 Å². The van der Waals surface area contributed by atoms with Crippen molar-refractivity contribution in [1.29, 1.82) is 0 Å². The molecule has 0 atom stereocenters. The highest BCUT2D eigenvalue weighted by Crippen LogP contribution is 2.24. The van der Waals surface area contributed by atoms with Crippen molar-refractivity contribution in [3.8, 4) is 5.69 Å². The summed E-state index contributed by atoms with van der Waals surface area (Å²) < 4.78 is 1.67. The van der Waals surface area contributed by atoms with Crippen LogP contribution >= 0.6 is 0 Å². The Balaban J connectivity index is 1.95. The number of nitrogens with zero attached hydrogens (tertiary/aromatic N) is 3. The van der Waals surface area contributed by atoms with Gasteiger partial charge < -0.3 is 9.97 Å². The molecule has 7 nitrogen and oxygen atoms in total. The fourth-order valence-corrected chi connectivity index (χ4v) is 2.91. The molecule has 22 heavy (non-hydrogen) atoms. The first-order valence-corrected chi connectivity index (χ1v) is 6.81. The summed E-state index contributed by atoms with van der Waals surface area (Å²) in [6, 6.07) is 7.67. The van der Waals surface area contributed by atoms with E-state index in [0.717, 1.165) is 33.1 Å². The van der Waals surface area contributed by atoms with Crippen LogP contribution in [0.2, 0.25) is 0 Å². The number of imidazole rings is 1. The number of fused-ring (bicyclic) bond motifs is 4. The zero-order valence-electron chi connectivity index (χ0n) is 11.3. The highest BCUT2D eigenvalue weighted by molar-refractivity contribution is 6.01. The average Bonchev–Trinajstić information content (AvgIpc) is 3.22. The van der Waals surface area contributed by atoms with Gasteiger partial charge in [-0.1, -0.05) is 0 Å². The van der Waals surface area contributed by atoms with Gasteiger partial charge in [0.15, 0.2) is 0 Å². The number of benzene rings is 1. The van der Waals surface area contributed by atoms with Crippen molar-refractivity contribution in [1.82, 2.24) is 29.7 Å². The molecule has 3 N–H and O–H groups in total. The van der Waals surface area contributed by atoms with Crippen molar-refractivity contribution in [3.63, 3.8) is 0 Å². The zero-order chi connectivity index (χ0) is 14.7. The van der Waals surface area contributed by atoms with Crippen LogP contribution in [-0.4, -0.2) is 29.7 Å². The number of pyridine rings is 1. The number of H-pyrrole nitrogens is 3. The van der Waals surface area contributed by atoms with Crippen LogP contribution in [0.1, 0.15) is 0 Å². The van der Waals surface area contributed by atoms with Crippen LogP contribution in [0.4, 0.5) is 0 Å². The van der Waals surface area contributed by atoms with E-state index in [2.05, 4.69) is 25.1 Å². The third-order valence-corrected chi connectivity index (χ3v) is 3.91. The lowest BCUT2D eigenvalue weighted by molar-refractivity contribution is 1.02. The van der Waals surface area contributed by atoms with E-state index in [0.29, 0.717) is 5.52 Å². The first kappa shape index (κ1) is 11.3. The maximum absolute atomic E-state index is 12.4. The lowest BCUT2D eigenvalue weighted by Crippen LogP contribution is -2.14. The molecule has 0 saturated heterocycles. The van der Waals surface area contributed by atoms with E-state index in [1.54, 1.807) is 17.0 Å². The summed E-state index contributed by atoms with van der Waals surface area (Å²) in [6.45, 7) is 0. The predicted molar refractivity (Wildman–Crippen MR) is 83.2 cm³/mol. The number of aromatic nitrogens is 6. The van der Waals surface area contributed by atoms with Crippen LogP contribution in [0.15, 0.2) is 47.7 Å². The highest BCUT2D eigenvalue weighted by atomic mass is 16.1. The van der Waals surface area contributed by atoms with E-state index in [4.69, 9.17) is 0 Å². The largest absolute Gasteiger partial charge is 0.346 e. The van der Waals surface area contributed by atoms with Gasteiger partial charge in [0.1, 0.15) is 5.65 Å². The third-order valence-electron chi connectivity index (χ3n) is 3.91. The summed E-state index contributed by atoms with van der Waals surface area (Å²) in [6.07, 6.45) is 5.23. The van der Waals surface area contributed by atoms with Gasteiger partial charge in [0.25, 0.3) is 0 Å². The molecule has 0 unspecified atom stereocenters. The van der Waals surface area contributed by atoms with Crippen LogP contribution in [0.5, 0.6) is 0 Å². The topological polar surface area (TPSA) is 95.1 Å². The average molecular weight is 290 g/mol. The molecule has 7 heteroatoms. The second kappa shape index (κ2) is 3.85. The molecule has 1 aromatic carbocycles. The van der Waals surface area contributed by atoms with Crippen LogP contribution in [0, 0.1) is 0 Å². The Morgan fingerprint density at radius 2 is 2.05 bits per heavy atom.